The van der Waals surface area contributed by atoms with Gasteiger partial charge in [-0.15, -0.1) is 0 Å². The molecule has 1 fully saturated rings. The maximum Gasteiger partial charge on any atom is 0.416 e. The molecule has 13 heteroatoms. The molecule has 2 aliphatic rings. The minimum absolute atomic E-state index is 0.0444. The van der Waals surface area contributed by atoms with Gasteiger partial charge < -0.3 is 20.3 Å². The maximum absolute atomic E-state index is 13.4. The summed E-state index contributed by atoms with van der Waals surface area (Å²) < 4.78 is 45.9. The number of carbonyl (C=O) groups excluding carboxylic acids is 2. The van der Waals surface area contributed by atoms with Crippen molar-refractivity contribution in [2.75, 3.05) is 25.0 Å². The van der Waals surface area contributed by atoms with E-state index < -0.39 is 17.8 Å². The lowest BCUT2D eigenvalue weighted by atomic mass is 9.95. The van der Waals surface area contributed by atoms with Crippen LogP contribution in [0.3, 0.4) is 0 Å². The molecule has 5 rings (SSSR count). The summed E-state index contributed by atoms with van der Waals surface area (Å²) in [7, 11) is 0. The number of fused-ring (bicyclic) bond motifs is 1. The number of aromatic amines is 1. The van der Waals surface area contributed by atoms with Crippen molar-refractivity contribution >= 4 is 29.3 Å². The largest absolute Gasteiger partial charge is 0.489 e. The lowest BCUT2D eigenvalue weighted by Gasteiger charge is -2.23. The average Bonchev–Trinajstić information content (AvgIpc) is 3.52. The Morgan fingerprint density at radius 2 is 2.03 bits per heavy atom. The number of hydrogen-bond donors (Lipinski definition) is 3. The number of aromatic nitrogens is 2. The molecule has 3 aromatic rings. The fourth-order valence-electron chi connectivity index (χ4n) is 4.80. The van der Waals surface area contributed by atoms with E-state index in [4.69, 9.17) is 4.74 Å². The number of nitrogens with zero attached hydrogens (tertiary/aromatic N) is 2. The first kappa shape index (κ1) is 25.8. The predicted octanol–water partition coefficient (Wildman–Crippen LogP) is 3.14. The Morgan fingerprint density at radius 3 is 2.71 bits per heavy atom. The molecule has 1 aromatic heterocycles. The van der Waals surface area contributed by atoms with Gasteiger partial charge in [-0.3, -0.25) is 14.4 Å². The van der Waals surface area contributed by atoms with Gasteiger partial charge in [0.15, 0.2) is 0 Å². The van der Waals surface area contributed by atoms with Crippen molar-refractivity contribution in [3.63, 3.8) is 0 Å². The first-order valence-corrected chi connectivity index (χ1v) is 12.8. The Kier molecular flexibility index (Phi) is 7.11. The number of hydrogen-bond acceptors (Lipinski definition) is 7. The molecule has 2 aliphatic heterocycles. The summed E-state index contributed by atoms with van der Waals surface area (Å²) in [5, 5.41) is 12.8. The number of ether oxygens (including phenoxy) is 1. The second-order valence-electron chi connectivity index (χ2n) is 9.20. The highest BCUT2D eigenvalue weighted by Crippen LogP contribution is 2.36. The first-order chi connectivity index (χ1) is 18.2. The van der Waals surface area contributed by atoms with E-state index in [1.165, 1.54) is 4.90 Å². The number of alkyl halides is 3. The van der Waals surface area contributed by atoms with Crippen molar-refractivity contribution in [2.24, 2.45) is 0 Å². The van der Waals surface area contributed by atoms with Gasteiger partial charge in [0.05, 0.1) is 17.5 Å². The molecule has 0 bridgehead atoms. The zero-order valence-corrected chi connectivity index (χ0v) is 20.8. The van der Waals surface area contributed by atoms with Crippen LogP contribution in [-0.2, 0) is 24.0 Å². The van der Waals surface area contributed by atoms with E-state index in [0.29, 0.717) is 53.5 Å². The molecule has 200 valence electrons. The van der Waals surface area contributed by atoms with Gasteiger partial charge in [-0.2, -0.15) is 18.3 Å². The topological polar surface area (TPSA) is 116 Å². The van der Waals surface area contributed by atoms with Crippen LogP contribution in [-0.4, -0.2) is 53.1 Å². The molecule has 9 nitrogen and oxygen atoms in total. The second kappa shape index (κ2) is 10.5. The molecular formula is C25H24F3N5O4S. The summed E-state index contributed by atoms with van der Waals surface area (Å²) in [5.41, 5.74) is 1.39. The highest BCUT2D eigenvalue weighted by molar-refractivity contribution is 7.08. The fourth-order valence-corrected chi connectivity index (χ4v) is 5.56. The summed E-state index contributed by atoms with van der Waals surface area (Å²) in [6.45, 7) is 1.19. The molecule has 1 saturated heterocycles. The second-order valence-corrected chi connectivity index (χ2v) is 10.2. The lowest BCUT2D eigenvalue weighted by Crippen LogP contribution is -2.39. The van der Waals surface area contributed by atoms with Gasteiger partial charge in [-0.1, -0.05) is 11.3 Å². The van der Waals surface area contributed by atoms with Crippen molar-refractivity contribution < 1.29 is 27.5 Å². The van der Waals surface area contributed by atoms with Gasteiger partial charge >= 0.3 is 11.0 Å². The summed E-state index contributed by atoms with van der Waals surface area (Å²) in [4.78, 5) is 36.9. The number of halogens is 3. The first-order valence-electron chi connectivity index (χ1n) is 12.0. The molecule has 0 aliphatic carbocycles. The van der Waals surface area contributed by atoms with Gasteiger partial charge in [0.1, 0.15) is 17.4 Å². The van der Waals surface area contributed by atoms with Crippen LogP contribution < -0.4 is 20.2 Å². The third-order valence-electron chi connectivity index (χ3n) is 6.69. The Balaban J connectivity index is 1.26. The Hall–Kier alpha value is -3.87. The Morgan fingerprint density at radius 1 is 1.24 bits per heavy atom. The SMILES string of the molecule is O=CN1C[C@H](c2n[nH]c(=O)s2)[C@H](NC(=O)c2ccc(OCc3cc(C(F)(F)F)cc4c3CCCN4)cc2)C1. The van der Waals surface area contributed by atoms with E-state index >= 15 is 0 Å². The normalized spacial score (nSPS) is 19.0. The minimum atomic E-state index is -4.46. The predicted molar refractivity (Wildman–Crippen MR) is 133 cm³/mol. The minimum Gasteiger partial charge on any atom is -0.489 e. The molecular weight excluding hydrogens is 523 g/mol. The van der Waals surface area contributed by atoms with E-state index in [1.807, 2.05) is 0 Å². The van der Waals surface area contributed by atoms with Crippen molar-refractivity contribution in [2.45, 2.75) is 37.6 Å². The van der Waals surface area contributed by atoms with Gasteiger partial charge in [-0.05, 0) is 60.4 Å². The number of carbonyl (C=O) groups is 2. The van der Waals surface area contributed by atoms with E-state index in [0.717, 1.165) is 35.5 Å². The van der Waals surface area contributed by atoms with Crippen LogP contribution in [0.25, 0.3) is 0 Å². The zero-order chi connectivity index (χ0) is 26.9. The standard InChI is InChI=1S/C25H24F3N5O4S/c26-25(27,28)16-8-15(18-2-1-7-29-20(18)9-16)12-37-17-5-3-14(4-6-17)22(35)30-21-11-33(13-34)10-19(21)23-31-32-24(36)38-23/h3-6,8-9,13,19,21,29H,1-2,7,10-12H2,(H,30,35)(H,32,36)/t19-,21+/m0/s1. The highest BCUT2D eigenvalue weighted by Gasteiger charge is 2.37. The van der Waals surface area contributed by atoms with Crippen molar-refractivity contribution in [3.8, 4) is 5.75 Å². The Bertz CT molecular complexity index is 1390. The number of nitrogens with one attached hydrogen (secondary N) is 3. The summed E-state index contributed by atoms with van der Waals surface area (Å²) in [5.74, 6) is -0.285. The molecule has 0 spiro atoms. The number of anilines is 1. The van der Waals surface area contributed by atoms with Gasteiger partial charge in [-0.25, -0.2) is 5.10 Å². The fraction of sp³-hybridized carbons (Fsp3) is 0.360. The van der Waals surface area contributed by atoms with Gasteiger partial charge in [0, 0.05) is 30.9 Å². The van der Waals surface area contributed by atoms with Crippen LogP contribution >= 0.6 is 11.3 Å². The highest BCUT2D eigenvalue weighted by atomic mass is 32.1. The number of H-pyrrole nitrogens is 1. The molecule has 3 N–H and O–H groups in total. The van der Waals surface area contributed by atoms with Crippen LogP contribution in [0.15, 0.2) is 41.2 Å². The lowest BCUT2D eigenvalue weighted by molar-refractivity contribution is -0.137. The smallest absolute Gasteiger partial charge is 0.416 e. The van der Waals surface area contributed by atoms with E-state index in [9.17, 15) is 27.6 Å². The van der Waals surface area contributed by atoms with Crippen LogP contribution in [0.5, 0.6) is 5.75 Å². The summed E-state index contributed by atoms with van der Waals surface area (Å²) in [6.07, 6.45) is -2.29. The van der Waals surface area contributed by atoms with Crippen LogP contribution in [0.1, 0.15) is 44.4 Å². The molecule has 0 radical (unpaired) electrons. The van der Waals surface area contributed by atoms with Gasteiger partial charge in [0.2, 0.25) is 6.41 Å². The van der Waals surface area contributed by atoms with Crippen LogP contribution in [0.2, 0.25) is 0 Å². The number of amides is 2. The maximum atomic E-state index is 13.4. The van der Waals surface area contributed by atoms with E-state index in [2.05, 4.69) is 20.8 Å². The number of rotatable bonds is 7. The third kappa shape index (κ3) is 5.52. The number of likely N-dealkylation sites (tertiary alicyclic amines) is 1. The zero-order valence-electron chi connectivity index (χ0n) is 20.0. The van der Waals surface area contributed by atoms with E-state index in [-0.39, 0.29) is 29.8 Å². The van der Waals surface area contributed by atoms with Crippen LogP contribution in [0.4, 0.5) is 18.9 Å². The monoisotopic (exact) mass is 547 g/mol. The van der Waals surface area contributed by atoms with Crippen molar-refractivity contribution in [1.29, 1.82) is 0 Å². The summed E-state index contributed by atoms with van der Waals surface area (Å²) in [6, 6.07) is 8.12. The summed E-state index contributed by atoms with van der Waals surface area (Å²) >= 11 is 0.941. The van der Waals surface area contributed by atoms with Gasteiger partial charge in [0.25, 0.3) is 5.91 Å². The van der Waals surface area contributed by atoms with E-state index in [1.54, 1.807) is 24.3 Å². The molecule has 2 atom stereocenters. The molecule has 2 amide bonds. The van der Waals surface area contributed by atoms with Crippen molar-refractivity contribution in [3.05, 3.63) is 73.3 Å². The molecule has 3 heterocycles. The third-order valence-corrected chi connectivity index (χ3v) is 7.56. The molecule has 0 unspecified atom stereocenters. The molecule has 38 heavy (non-hydrogen) atoms. The average molecular weight is 548 g/mol. The van der Waals surface area contributed by atoms with Crippen molar-refractivity contribution in [1.82, 2.24) is 20.4 Å². The molecule has 0 saturated carbocycles. The molecule has 2 aromatic carbocycles. The Labute approximate surface area is 219 Å². The number of benzene rings is 2. The van der Waals surface area contributed by atoms with Crippen LogP contribution in [0, 0.1) is 0 Å². The quantitative estimate of drug-likeness (QED) is 0.392.